The van der Waals surface area contributed by atoms with Crippen molar-refractivity contribution in [1.29, 1.82) is 0 Å². The van der Waals surface area contributed by atoms with Gasteiger partial charge in [-0.2, -0.15) is 0 Å². The molecule has 392 valence electrons. The maximum Gasteiger partial charge on any atom is 0.305 e. The average Bonchev–Trinajstić information content (AvgIpc) is 3.32. The zero-order valence-electron chi connectivity index (χ0n) is 44.7. The van der Waals surface area contributed by atoms with Gasteiger partial charge in [0.1, 0.15) is 0 Å². The van der Waals surface area contributed by atoms with E-state index in [4.69, 9.17) is 4.74 Å². The van der Waals surface area contributed by atoms with Gasteiger partial charge in [-0.25, -0.2) is 0 Å². The summed E-state index contributed by atoms with van der Waals surface area (Å²) in [5.74, 6) is -0.0775. The Balaban J connectivity index is 3.47. The Bertz CT molecular complexity index is 986. The van der Waals surface area contributed by atoms with E-state index in [1.165, 1.54) is 225 Å². The summed E-state index contributed by atoms with van der Waals surface area (Å²) in [5.41, 5.74) is 0. The normalized spacial score (nSPS) is 12.6. The summed E-state index contributed by atoms with van der Waals surface area (Å²) in [5, 5.41) is 23.3. The Kier molecular flexibility index (Phi) is 55.0. The number of rotatable bonds is 56. The Morgan fingerprint density at radius 1 is 0.409 bits per heavy atom. The number of hydrogen-bond acceptors (Lipinski definition) is 5. The number of allylic oxidation sites excluding steroid dienone is 2. The number of aliphatic hydroxyl groups is 2. The van der Waals surface area contributed by atoms with Crippen LogP contribution in [0.15, 0.2) is 12.2 Å². The lowest BCUT2D eigenvalue weighted by Crippen LogP contribution is -2.45. The van der Waals surface area contributed by atoms with Gasteiger partial charge in [-0.1, -0.05) is 276 Å². The van der Waals surface area contributed by atoms with E-state index in [9.17, 15) is 19.8 Å². The predicted molar refractivity (Wildman–Crippen MR) is 287 cm³/mol. The van der Waals surface area contributed by atoms with E-state index in [1.807, 2.05) is 0 Å². The van der Waals surface area contributed by atoms with Crippen LogP contribution in [0.1, 0.15) is 335 Å². The number of amides is 1. The van der Waals surface area contributed by atoms with Gasteiger partial charge in [0.2, 0.25) is 5.91 Å². The van der Waals surface area contributed by atoms with Crippen LogP contribution in [0.2, 0.25) is 0 Å². The Hall–Kier alpha value is -1.40. The summed E-state index contributed by atoms with van der Waals surface area (Å²) in [6, 6.07) is -0.560. The molecule has 0 spiro atoms. The first kappa shape index (κ1) is 64.6. The summed E-state index contributed by atoms with van der Waals surface area (Å²) in [6.07, 6.45) is 66.4. The Morgan fingerprint density at radius 2 is 0.712 bits per heavy atom. The van der Waals surface area contributed by atoms with E-state index >= 15 is 0 Å². The molecule has 2 unspecified atom stereocenters. The molecule has 1 amide bonds. The van der Waals surface area contributed by atoms with Crippen molar-refractivity contribution in [1.82, 2.24) is 5.32 Å². The molecule has 0 aliphatic heterocycles. The average molecular weight is 933 g/mol. The lowest BCUT2D eigenvalue weighted by atomic mass is 10.0. The maximum absolute atomic E-state index is 12.5. The minimum Gasteiger partial charge on any atom is -0.466 e. The van der Waals surface area contributed by atoms with Crippen molar-refractivity contribution in [2.24, 2.45) is 0 Å². The van der Waals surface area contributed by atoms with E-state index in [0.717, 1.165) is 77.0 Å². The van der Waals surface area contributed by atoms with Crippen molar-refractivity contribution >= 4 is 11.9 Å². The number of aliphatic hydroxyl groups excluding tert-OH is 2. The maximum atomic E-state index is 12.5. The number of carbonyl (C=O) groups is 2. The van der Waals surface area contributed by atoms with Gasteiger partial charge in [-0.05, 0) is 57.8 Å². The summed E-state index contributed by atoms with van der Waals surface area (Å²) in [6.45, 7) is 4.92. The van der Waals surface area contributed by atoms with Crippen LogP contribution in [0.25, 0.3) is 0 Å². The minimum atomic E-state index is -0.681. The van der Waals surface area contributed by atoms with Crippen LogP contribution in [0.5, 0.6) is 0 Å². The lowest BCUT2D eigenvalue weighted by Gasteiger charge is -2.22. The first-order valence-corrected chi connectivity index (χ1v) is 29.9. The summed E-state index contributed by atoms with van der Waals surface area (Å²) < 4.78 is 5.44. The molecule has 0 aromatic carbocycles. The highest BCUT2D eigenvalue weighted by Gasteiger charge is 2.20. The van der Waals surface area contributed by atoms with Crippen LogP contribution in [-0.2, 0) is 14.3 Å². The van der Waals surface area contributed by atoms with Crippen LogP contribution < -0.4 is 5.32 Å². The molecular weight excluding hydrogens is 815 g/mol. The molecule has 0 aromatic rings. The van der Waals surface area contributed by atoms with E-state index in [-0.39, 0.29) is 18.5 Å². The highest BCUT2D eigenvalue weighted by atomic mass is 16.5. The van der Waals surface area contributed by atoms with Gasteiger partial charge in [-0.3, -0.25) is 9.59 Å². The highest BCUT2D eigenvalue weighted by molar-refractivity contribution is 5.76. The molecule has 0 saturated heterocycles. The number of nitrogens with one attached hydrogen (secondary N) is 1. The zero-order chi connectivity index (χ0) is 47.9. The molecule has 6 nitrogen and oxygen atoms in total. The van der Waals surface area contributed by atoms with Crippen LogP contribution in [0.3, 0.4) is 0 Å². The fourth-order valence-electron chi connectivity index (χ4n) is 9.46. The molecule has 0 saturated carbocycles. The number of hydrogen-bond donors (Lipinski definition) is 3. The molecule has 0 aliphatic rings. The second kappa shape index (κ2) is 56.2. The fourth-order valence-corrected chi connectivity index (χ4v) is 9.46. The van der Waals surface area contributed by atoms with Gasteiger partial charge in [0.05, 0.1) is 25.4 Å². The SMILES string of the molecule is CCCCCCCCCCCCCCCCCCCCCCCCCCCC(O)C(CO)NC(=O)CCCCCCC/C=C\CCCCCOC(=O)CCCCCCCCCCCCCC. The van der Waals surface area contributed by atoms with E-state index < -0.39 is 12.1 Å². The Labute approximate surface area is 412 Å². The molecule has 0 rings (SSSR count). The zero-order valence-corrected chi connectivity index (χ0v) is 44.7. The molecule has 0 aromatic heterocycles. The third kappa shape index (κ3) is 52.0. The van der Waals surface area contributed by atoms with Crippen LogP contribution in [0, 0.1) is 0 Å². The van der Waals surface area contributed by atoms with E-state index in [2.05, 4.69) is 31.3 Å². The van der Waals surface area contributed by atoms with Gasteiger partial charge >= 0.3 is 5.97 Å². The number of esters is 1. The van der Waals surface area contributed by atoms with Crippen molar-refractivity contribution in [2.75, 3.05) is 13.2 Å². The molecule has 2 atom stereocenters. The van der Waals surface area contributed by atoms with E-state index in [1.54, 1.807) is 0 Å². The van der Waals surface area contributed by atoms with Crippen LogP contribution >= 0.6 is 0 Å². The number of ether oxygens (including phenoxy) is 1. The molecule has 66 heavy (non-hydrogen) atoms. The molecule has 0 bridgehead atoms. The van der Waals surface area contributed by atoms with Crippen molar-refractivity contribution in [3.63, 3.8) is 0 Å². The molecule has 0 fully saturated rings. The van der Waals surface area contributed by atoms with Crippen LogP contribution in [-0.4, -0.2) is 47.4 Å². The quantitative estimate of drug-likeness (QED) is 0.0321. The largest absolute Gasteiger partial charge is 0.466 e. The molecule has 0 aliphatic carbocycles. The second-order valence-electron chi connectivity index (χ2n) is 20.7. The van der Waals surface area contributed by atoms with Gasteiger partial charge in [0.15, 0.2) is 0 Å². The van der Waals surface area contributed by atoms with Gasteiger partial charge in [0.25, 0.3) is 0 Å². The predicted octanol–water partition coefficient (Wildman–Crippen LogP) is 18.5. The fraction of sp³-hybridized carbons (Fsp3) is 0.933. The highest BCUT2D eigenvalue weighted by Crippen LogP contribution is 2.18. The van der Waals surface area contributed by atoms with Gasteiger partial charge in [-0.15, -0.1) is 0 Å². The minimum absolute atomic E-state index is 0.0209. The number of unbranched alkanes of at least 4 members (excludes halogenated alkanes) is 43. The van der Waals surface area contributed by atoms with Gasteiger partial charge in [0, 0.05) is 12.8 Å². The topological polar surface area (TPSA) is 95.9 Å². The number of carbonyl (C=O) groups excluding carboxylic acids is 2. The van der Waals surface area contributed by atoms with Crippen molar-refractivity contribution < 1.29 is 24.5 Å². The Morgan fingerprint density at radius 3 is 1.08 bits per heavy atom. The third-order valence-corrected chi connectivity index (χ3v) is 14.1. The smallest absolute Gasteiger partial charge is 0.305 e. The van der Waals surface area contributed by atoms with Crippen molar-refractivity contribution in [3.8, 4) is 0 Å². The van der Waals surface area contributed by atoms with E-state index in [0.29, 0.717) is 25.9 Å². The monoisotopic (exact) mass is 932 g/mol. The first-order chi connectivity index (χ1) is 32.5. The second-order valence-corrected chi connectivity index (χ2v) is 20.7. The molecule has 3 N–H and O–H groups in total. The van der Waals surface area contributed by atoms with Crippen molar-refractivity contribution in [3.05, 3.63) is 12.2 Å². The summed E-state index contributed by atoms with van der Waals surface area (Å²) >= 11 is 0. The summed E-state index contributed by atoms with van der Waals surface area (Å²) in [4.78, 5) is 24.5. The van der Waals surface area contributed by atoms with Crippen molar-refractivity contribution in [2.45, 2.75) is 347 Å². The standard InChI is InChI=1S/C60H117NO5/c1-3-5-7-9-11-13-15-17-18-19-20-21-22-23-24-25-26-27-28-29-32-36-40-44-48-52-58(63)57(56-62)61-59(64)53-49-45-41-37-33-30-31-35-39-43-47-51-55-66-60(65)54-50-46-42-38-34-16-14-12-10-8-6-4-2/h31,35,57-58,62-63H,3-30,32-34,36-56H2,1-2H3,(H,61,64)/b35-31-. The molecule has 0 radical (unpaired) electrons. The molecule has 6 heteroatoms. The van der Waals surface area contributed by atoms with Crippen LogP contribution in [0.4, 0.5) is 0 Å². The van der Waals surface area contributed by atoms with Gasteiger partial charge < -0.3 is 20.3 Å². The third-order valence-electron chi connectivity index (χ3n) is 14.1. The lowest BCUT2D eigenvalue weighted by molar-refractivity contribution is -0.143. The summed E-state index contributed by atoms with van der Waals surface area (Å²) in [7, 11) is 0. The molecular formula is C60H117NO5. The first-order valence-electron chi connectivity index (χ1n) is 29.9. The molecule has 0 heterocycles.